The van der Waals surface area contributed by atoms with E-state index in [-0.39, 0.29) is 34.3 Å². The molecule has 1 amide bonds. The molecule has 2 aromatic rings. The van der Waals surface area contributed by atoms with E-state index >= 15 is 0 Å². The van der Waals surface area contributed by atoms with Gasteiger partial charge in [-0.1, -0.05) is 25.4 Å². The Labute approximate surface area is 167 Å². The topological polar surface area (TPSA) is 84.3 Å². The summed E-state index contributed by atoms with van der Waals surface area (Å²) < 4.78 is 52.8. The summed E-state index contributed by atoms with van der Waals surface area (Å²) in [5, 5.41) is 2.64. The number of nitrogens with zero attached hydrogens (tertiary/aromatic N) is 3. The number of carbonyl (C=O) groups excluding carboxylic acids is 1. The monoisotopic (exact) mass is 434 g/mol. The Morgan fingerprint density at radius 2 is 2.00 bits per heavy atom. The molecule has 0 spiro atoms. The average molecular weight is 435 g/mol. The number of aromatic nitrogens is 2. The summed E-state index contributed by atoms with van der Waals surface area (Å²) in [6.45, 7) is 1.33. The Balaban J connectivity index is 2.14. The van der Waals surface area contributed by atoms with Crippen molar-refractivity contribution < 1.29 is 22.0 Å². The van der Waals surface area contributed by atoms with Crippen LogP contribution in [0, 0.1) is 0 Å². The van der Waals surface area contributed by atoms with E-state index in [1.54, 1.807) is 13.8 Å². The molecule has 1 heterocycles. The van der Waals surface area contributed by atoms with Gasteiger partial charge >= 0.3 is 6.55 Å². The molecular weight excluding hydrogens is 414 g/mol. The third kappa shape index (κ3) is 4.86. The van der Waals surface area contributed by atoms with E-state index in [1.807, 2.05) is 0 Å². The molecule has 2 rings (SSSR count). The number of sulfonamides is 1. The number of benzene rings is 1. The van der Waals surface area contributed by atoms with Crippen LogP contribution in [-0.2, 0) is 16.4 Å². The highest BCUT2D eigenvalue weighted by molar-refractivity contribution is 7.89. The average Bonchev–Trinajstić information content (AvgIpc) is 3.11. The number of hydrogen-bond acceptors (Lipinski definition) is 4. The number of hydrogen-bond donors (Lipinski definition) is 1. The maximum absolute atomic E-state index is 12.8. The van der Waals surface area contributed by atoms with E-state index in [2.05, 4.69) is 10.3 Å². The SMILES string of the molecule is CCN(CC)S(=O)(=O)c1ccc(Cl)c(C(=O)NCCc2nccn2C(F)F)c1. The summed E-state index contributed by atoms with van der Waals surface area (Å²) in [5.74, 6) is -0.476. The highest BCUT2D eigenvalue weighted by atomic mass is 35.5. The van der Waals surface area contributed by atoms with E-state index in [9.17, 15) is 22.0 Å². The molecule has 7 nitrogen and oxygen atoms in total. The first kappa shape index (κ1) is 22.3. The van der Waals surface area contributed by atoms with Gasteiger partial charge in [-0.05, 0) is 18.2 Å². The van der Waals surface area contributed by atoms with Crippen LogP contribution in [0.15, 0.2) is 35.5 Å². The fourth-order valence-electron chi connectivity index (χ4n) is 2.65. The molecule has 0 saturated heterocycles. The number of nitrogens with one attached hydrogen (secondary N) is 1. The predicted octanol–water partition coefficient (Wildman–Crippen LogP) is 2.93. The molecule has 154 valence electrons. The van der Waals surface area contributed by atoms with Crippen LogP contribution in [0.3, 0.4) is 0 Å². The lowest BCUT2D eigenvalue weighted by Gasteiger charge is -2.19. The van der Waals surface area contributed by atoms with Crippen molar-refractivity contribution in [1.82, 2.24) is 19.2 Å². The Bertz CT molecular complexity index is 930. The van der Waals surface area contributed by atoms with Gasteiger partial charge < -0.3 is 5.32 Å². The molecule has 0 bridgehead atoms. The molecule has 0 fully saturated rings. The van der Waals surface area contributed by atoms with Gasteiger partial charge in [-0.3, -0.25) is 9.36 Å². The van der Waals surface area contributed by atoms with Crippen LogP contribution in [0.25, 0.3) is 0 Å². The molecule has 1 N–H and O–H groups in total. The third-order valence-electron chi connectivity index (χ3n) is 4.12. The van der Waals surface area contributed by atoms with Crippen LogP contribution in [0.2, 0.25) is 5.02 Å². The van der Waals surface area contributed by atoms with Gasteiger partial charge in [0.1, 0.15) is 5.82 Å². The van der Waals surface area contributed by atoms with E-state index in [1.165, 1.54) is 28.7 Å². The number of rotatable bonds is 9. The van der Waals surface area contributed by atoms with Crippen LogP contribution in [0.1, 0.15) is 36.6 Å². The highest BCUT2D eigenvalue weighted by Crippen LogP contribution is 2.23. The van der Waals surface area contributed by atoms with E-state index in [0.717, 1.165) is 6.20 Å². The molecular formula is C17H21ClF2N4O3S. The van der Waals surface area contributed by atoms with Gasteiger partial charge in [0.25, 0.3) is 5.91 Å². The maximum Gasteiger partial charge on any atom is 0.319 e. The Kier molecular flexibility index (Phi) is 7.50. The second-order valence-electron chi connectivity index (χ2n) is 5.77. The van der Waals surface area contributed by atoms with Gasteiger partial charge in [0, 0.05) is 38.4 Å². The van der Waals surface area contributed by atoms with Crippen molar-refractivity contribution >= 4 is 27.5 Å². The smallest absolute Gasteiger partial charge is 0.319 e. The maximum atomic E-state index is 12.8. The first-order chi connectivity index (χ1) is 13.2. The molecule has 0 radical (unpaired) electrons. The van der Waals surface area contributed by atoms with Crippen LogP contribution in [0.5, 0.6) is 0 Å². The largest absolute Gasteiger partial charge is 0.352 e. The predicted molar refractivity (Wildman–Crippen MR) is 101 cm³/mol. The second-order valence-corrected chi connectivity index (χ2v) is 8.11. The number of halogens is 3. The zero-order valence-corrected chi connectivity index (χ0v) is 17.0. The summed E-state index contributed by atoms with van der Waals surface area (Å²) in [6, 6.07) is 3.90. The van der Waals surface area contributed by atoms with Crippen LogP contribution >= 0.6 is 11.6 Å². The van der Waals surface area contributed by atoms with Gasteiger partial charge in [0.2, 0.25) is 10.0 Å². The fourth-order valence-corrected chi connectivity index (χ4v) is 4.34. The lowest BCUT2D eigenvalue weighted by molar-refractivity contribution is 0.0670. The number of carbonyl (C=O) groups is 1. The van der Waals surface area contributed by atoms with Crippen molar-refractivity contribution in [3.8, 4) is 0 Å². The van der Waals surface area contributed by atoms with Crippen LogP contribution in [-0.4, -0.2) is 47.8 Å². The molecule has 0 aliphatic carbocycles. The van der Waals surface area contributed by atoms with Gasteiger partial charge in [0.05, 0.1) is 15.5 Å². The standard InChI is InChI=1S/C17H21ClF2N4O3S/c1-3-23(4-2)28(26,27)12-5-6-14(18)13(11-12)16(25)22-8-7-15-21-9-10-24(15)17(19)20/h5-6,9-11,17H,3-4,7-8H2,1-2H3,(H,22,25). The lowest BCUT2D eigenvalue weighted by Crippen LogP contribution is -2.31. The van der Waals surface area contributed by atoms with Gasteiger partial charge in [0.15, 0.2) is 0 Å². The normalized spacial score (nSPS) is 12.0. The summed E-state index contributed by atoms with van der Waals surface area (Å²) in [6.07, 6.45) is 2.49. The zero-order chi connectivity index (χ0) is 20.9. The van der Waals surface area contributed by atoms with Crippen molar-refractivity contribution in [3.63, 3.8) is 0 Å². The van der Waals surface area contributed by atoms with Crippen molar-refractivity contribution in [2.45, 2.75) is 31.7 Å². The summed E-state index contributed by atoms with van der Waals surface area (Å²) in [7, 11) is -3.75. The van der Waals surface area contributed by atoms with Crippen LogP contribution < -0.4 is 5.32 Å². The van der Waals surface area contributed by atoms with Crippen molar-refractivity contribution in [2.75, 3.05) is 19.6 Å². The number of imidazole rings is 1. The molecule has 0 atom stereocenters. The fraction of sp³-hybridized carbons (Fsp3) is 0.412. The minimum Gasteiger partial charge on any atom is -0.352 e. The van der Waals surface area contributed by atoms with Crippen molar-refractivity contribution in [3.05, 3.63) is 47.0 Å². The first-order valence-electron chi connectivity index (χ1n) is 8.60. The highest BCUT2D eigenvalue weighted by Gasteiger charge is 2.24. The summed E-state index contributed by atoms with van der Waals surface area (Å²) in [4.78, 5) is 16.2. The van der Waals surface area contributed by atoms with Crippen molar-refractivity contribution in [2.24, 2.45) is 0 Å². The lowest BCUT2D eigenvalue weighted by atomic mass is 10.2. The van der Waals surface area contributed by atoms with Crippen molar-refractivity contribution in [1.29, 1.82) is 0 Å². The summed E-state index contributed by atoms with van der Waals surface area (Å²) >= 11 is 6.05. The molecule has 1 aromatic heterocycles. The molecule has 0 aliphatic rings. The molecule has 0 unspecified atom stereocenters. The number of amides is 1. The Hall–Kier alpha value is -2.04. The Morgan fingerprint density at radius 3 is 2.61 bits per heavy atom. The number of alkyl halides is 2. The molecule has 11 heteroatoms. The zero-order valence-electron chi connectivity index (χ0n) is 15.4. The second kappa shape index (κ2) is 9.44. The van der Waals surface area contributed by atoms with Gasteiger partial charge in [-0.25, -0.2) is 13.4 Å². The molecule has 0 saturated carbocycles. The molecule has 28 heavy (non-hydrogen) atoms. The Morgan fingerprint density at radius 1 is 1.32 bits per heavy atom. The van der Waals surface area contributed by atoms with E-state index in [4.69, 9.17) is 11.6 Å². The quantitative estimate of drug-likeness (QED) is 0.657. The first-order valence-corrected chi connectivity index (χ1v) is 10.4. The third-order valence-corrected chi connectivity index (χ3v) is 6.49. The van der Waals surface area contributed by atoms with E-state index in [0.29, 0.717) is 17.7 Å². The molecule has 0 aliphatic heterocycles. The van der Waals surface area contributed by atoms with E-state index < -0.39 is 22.5 Å². The minimum atomic E-state index is -3.75. The minimum absolute atomic E-state index is 0.00732. The van der Waals surface area contributed by atoms with Crippen LogP contribution in [0.4, 0.5) is 8.78 Å². The molecule has 1 aromatic carbocycles. The van der Waals surface area contributed by atoms with Gasteiger partial charge in [-0.15, -0.1) is 0 Å². The summed E-state index contributed by atoms with van der Waals surface area (Å²) in [5.41, 5.74) is -0.00732. The van der Waals surface area contributed by atoms with Gasteiger partial charge in [-0.2, -0.15) is 13.1 Å².